The van der Waals surface area contributed by atoms with Gasteiger partial charge < -0.3 is 14.1 Å². The number of hydrogen-bond donors (Lipinski definition) is 1. The van der Waals surface area contributed by atoms with Gasteiger partial charge in [0.05, 0.1) is 11.5 Å². The van der Waals surface area contributed by atoms with E-state index in [1.807, 2.05) is 24.6 Å². The third-order valence-corrected chi connectivity index (χ3v) is 8.40. The number of phenols is 1. The SMILES string of the molecule is CCc1cc2c(CSc3nnc(CC4CCS(=O)(=O)C4)n3C)cc(=O)oc2cc1O. The molecule has 30 heavy (non-hydrogen) atoms. The Balaban J connectivity index is 1.55. The summed E-state index contributed by atoms with van der Waals surface area (Å²) < 4.78 is 30.5. The van der Waals surface area contributed by atoms with Crippen molar-refractivity contribution in [2.75, 3.05) is 11.5 Å². The highest BCUT2D eigenvalue weighted by Crippen LogP contribution is 2.30. The smallest absolute Gasteiger partial charge is 0.336 e. The molecule has 3 heterocycles. The molecule has 1 atom stereocenters. The molecular weight excluding hydrogens is 426 g/mol. The van der Waals surface area contributed by atoms with E-state index in [1.54, 1.807) is 0 Å². The second kappa shape index (κ2) is 8.07. The molecule has 1 aromatic carbocycles. The first-order valence-corrected chi connectivity index (χ1v) is 12.6. The number of aromatic nitrogens is 3. The maximum Gasteiger partial charge on any atom is 0.336 e. The molecule has 1 fully saturated rings. The van der Waals surface area contributed by atoms with Crippen molar-refractivity contribution < 1.29 is 17.9 Å². The summed E-state index contributed by atoms with van der Waals surface area (Å²) >= 11 is 1.45. The largest absolute Gasteiger partial charge is 0.508 e. The lowest BCUT2D eigenvalue weighted by Crippen LogP contribution is -2.11. The van der Waals surface area contributed by atoms with Crippen LogP contribution in [0.3, 0.4) is 0 Å². The normalized spacial score (nSPS) is 18.3. The number of benzene rings is 1. The van der Waals surface area contributed by atoms with E-state index in [0.29, 0.717) is 35.8 Å². The fourth-order valence-electron chi connectivity index (χ4n) is 3.79. The van der Waals surface area contributed by atoms with Crippen molar-refractivity contribution in [3.63, 3.8) is 0 Å². The minimum atomic E-state index is -2.92. The summed E-state index contributed by atoms with van der Waals surface area (Å²) in [6.45, 7) is 1.95. The summed E-state index contributed by atoms with van der Waals surface area (Å²) in [5, 5.41) is 20.0. The number of thioether (sulfide) groups is 1. The van der Waals surface area contributed by atoms with Gasteiger partial charge in [0.1, 0.15) is 17.2 Å². The lowest BCUT2D eigenvalue weighted by atomic mass is 10.1. The Kier molecular flexibility index (Phi) is 5.63. The minimum absolute atomic E-state index is 0.0820. The summed E-state index contributed by atoms with van der Waals surface area (Å²) in [6, 6.07) is 4.80. The molecule has 1 saturated heterocycles. The molecule has 0 saturated carbocycles. The van der Waals surface area contributed by atoms with Gasteiger partial charge in [-0.3, -0.25) is 0 Å². The van der Waals surface area contributed by atoms with Crippen LogP contribution in [0.2, 0.25) is 0 Å². The first-order chi connectivity index (χ1) is 14.3. The lowest BCUT2D eigenvalue weighted by molar-refractivity contribution is 0.466. The van der Waals surface area contributed by atoms with Gasteiger partial charge in [0.2, 0.25) is 0 Å². The van der Waals surface area contributed by atoms with Crippen LogP contribution in [0.5, 0.6) is 5.75 Å². The molecule has 0 amide bonds. The van der Waals surface area contributed by atoms with Crippen LogP contribution in [0.15, 0.2) is 32.6 Å². The van der Waals surface area contributed by atoms with Gasteiger partial charge in [-0.1, -0.05) is 18.7 Å². The predicted molar refractivity (Wildman–Crippen MR) is 115 cm³/mol. The van der Waals surface area contributed by atoms with Crippen LogP contribution >= 0.6 is 11.8 Å². The summed E-state index contributed by atoms with van der Waals surface area (Å²) in [5.41, 5.74) is 1.47. The first-order valence-electron chi connectivity index (χ1n) is 9.76. The van der Waals surface area contributed by atoms with E-state index >= 15 is 0 Å². The summed E-state index contributed by atoms with van der Waals surface area (Å²) in [4.78, 5) is 12.0. The Labute approximate surface area is 178 Å². The summed E-state index contributed by atoms with van der Waals surface area (Å²) in [6.07, 6.45) is 1.91. The Bertz CT molecular complexity index is 1260. The van der Waals surface area contributed by atoms with Gasteiger partial charge >= 0.3 is 5.63 Å². The number of rotatable bonds is 6. The molecule has 10 heteroatoms. The second-order valence-corrected chi connectivity index (χ2v) is 10.8. The highest BCUT2D eigenvalue weighted by molar-refractivity contribution is 7.98. The lowest BCUT2D eigenvalue weighted by Gasteiger charge is -2.09. The van der Waals surface area contributed by atoms with Crippen molar-refractivity contribution in [3.05, 3.63) is 45.6 Å². The minimum Gasteiger partial charge on any atom is -0.508 e. The van der Waals surface area contributed by atoms with Crippen molar-refractivity contribution in [1.29, 1.82) is 0 Å². The molecule has 1 N–H and O–H groups in total. The molecule has 1 unspecified atom stereocenters. The van der Waals surface area contributed by atoms with Gasteiger partial charge in [-0.25, -0.2) is 13.2 Å². The molecule has 0 radical (unpaired) electrons. The Morgan fingerprint density at radius 1 is 1.27 bits per heavy atom. The third-order valence-electron chi connectivity index (χ3n) is 5.49. The van der Waals surface area contributed by atoms with Crippen molar-refractivity contribution in [2.45, 2.75) is 37.1 Å². The first kappa shape index (κ1) is 20.9. The molecule has 1 aliphatic heterocycles. The molecular formula is C20H23N3O5S2. The van der Waals surface area contributed by atoms with Crippen molar-refractivity contribution in [2.24, 2.45) is 13.0 Å². The molecule has 3 aromatic rings. The van der Waals surface area contributed by atoms with E-state index < -0.39 is 15.5 Å². The quantitative estimate of drug-likeness (QED) is 0.451. The van der Waals surface area contributed by atoms with E-state index in [4.69, 9.17) is 4.42 Å². The average Bonchev–Trinajstić information content (AvgIpc) is 3.21. The second-order valence-electron chi connectivity index (χ2n) is 7.64. The number of phenolic OH excluding ortho intramolecular Hbond substituents is 1. The molecule has 2 aromatic heterocycles. The van der Waals surface area contributed by atoms with E-state index in [2.05, 4.69) is 10.2 Å². The molecule has 1 aliphatic rings. The van der Waals surface area contributed by atoms with Crippen molar-refractivity contribution in [3.8, 4) is 5.75 Å². The van der Waals surface area contributed by atoms with Gasteiger partial charge in [0.25, 0.3) is 0 Å². The average molecular weight is 450 g/mol. The van der Waals surface area contributed by atoms with Crippen LogP contribution < -0.4 is 5.63 Å². The molecule has 0 aliphatic carbocycles. The Morgan fingerprint density at radius 3 is 2.77 bits per heavy atom. The summed E-state index contributed by atoms with van der Waals surface area (Å²) in [7, 11) is -1.05. The standard InChI is InChI=1S/C20H23N3O5S2/c1-3-13-7-15-14(8-19(25)28-17(15)9-16(13)24)10-29-20-22-21-18(23(20)2)6-12-4-5-30(26,27)11-12/h7-9,12,24H,3-6,10-11H2,1-2H3. The van der Waals surface area contributed by atoms with Crippen LogP contribution in [-0.2, 0) is 35.5 Å². The van der Waals surface area contributed by atoms with Crippen LogP contribution in [0.25, 0.3) is 11.0 Å². The van der Waals surface area contributed by atoms with Gasteiger partial charge in [-0.2, -0.15) is 0 Å². The molecule has 8 nitrogen and oxygen atoms in total. The Hall–Kier alpha value is -2.33. The monoisotopic (exact) mass is 449 g/mol. The third kappa shape index (κ3) is 4.24. The maximum atomic E-state index is 12.0. The van der Waals surface area contributed by atoms with E-state index in [-0.39, 0.29) is 23.2 Å². The number of hydrogen-bond acceptors (Lipinski definition) is 8. The number of sulfone groups is 1. The topological polar surface area (TPSA) is 115 Å². The maximum absolute atomic E-state index is 12.0. The molecule has 0 spiro atoms. The molecule has 0 bridgehead atoms. The zero-order valence-electron chi connectivity index (χ0n) is 16.8. The number of aryl methyl sites for hydroxylation is 1. The summed E-state index contributed by atoms with van der Waals surface area (Å²) in [5.74, 6) is 1.90. The zero-order valence-corrected chi connectivity index (χ0v) is 18.4. The van der Waals surface area contributed by atoms with Crippen LogP contribution in [0.1, 0.15) is 30.3 Å². The fraction of sp³-hybridized carbons (Fsp3) is 0.450. The van der Waals surface area contributed by atoms with Crippen LogP contribution in [0.4, 0.5) is 0 Å². The van der Waals surface area contributed by atoms with E-state index in [0.717, 1.165) is 22.3 Å². The van der Waals surface area contributed by atoms with Crippen molar-refractivity contribution in [1.82, 2.24) is 14.8 Å². The van der Waals surface area contributed by atoms with Gasteiger partial charge in [-0.15, -0.1) is 10.2 Å². The number of nitrogens with zero attached hydrogens (tertiary/aromatic N) is 3. The van der Waals surface area contributed by atoms with E-state index in [1.165, 1.54) is 23.9 Å². The van der Waals surface area contributed by atoms with Crippen LogP contribution in [0, 0.1) is 5.92 Å². The van der Waals surface area contributed by atoms with Gasteiger partial charge in [-0.05, 0) is 36.0 Å². The predicted octanol–water partition coefficient (Wildman–Crippen LogP) is 2.46. The number of fused-ring (bicyclic) bond motifs is 1. The highest BCUT2D eigenvalue weighted by Gasteiger charge is 2.29. The van der Waals surface area contributed by atoms with Crippen LogP contribution in [-0.4, -0.2) is 39.8 Å². The fourth-order valence-corrected chi connectivity index (χ4v) is 6.57. The Morgan fingerprint density at radius 2 is 2.07 bits per heavy atom. The van der Waals surface area contributed by atoms with Gasteiger partial charge in [0.15, 0.2) is 15.0 Å². The number of aromatic hydroxyl groups is 1. The molecule has 160 valence electrons. The van der Waals surface area contributed by atoms with Gasteiger partial charge in [0, 0.05) is 36.7 Å². The zero-order chi connectivity index (χ0) is 21.5. The molecule has 4 rings (SSSR count). The van der Waals surface area contributed by atoms with E-state index in [9.17, 15) is 18.3 Å². The highest BCUT2D eigenvalue weighted by atomic mass is 32.2. The van der Waals surface area contributed by atoms with Crippen molar-refractivity contribution >= 4 is 32.6 Å².